The lowest BCUT2D eigenvalue weighted by atomic mass is 9.89. The SMILES string of the molecule is CCCCCCCCCCCCCCCCCC(C)(CCCCCCCCCCCCCCCC)OB(O)O. The lowest BCUT2D eigenvalue weighted by Gasteiger charge is -2.30. The highest BCUT2D eigenvalue weighted by Crippen LogP contribution is 2.27. The molecule has 234 valence electrons. The quantitative estimate of drug-likeness (QED) is 0.0629. The predicted molar refractivity (Wildman–Crippen MR) is 174 cm³/mol. The molecule has 0 aliphatic rings. The van der Waals surface area contributed by atoms with Gasteiger partial charge in [-0.3, -0.25) is 0 Å². The molecule has 0 aliphatic carbocycles. The van der Waals surface area contributed by atoms with Crippen LogP contribution in [-0.4, -0.2) is 23.0 Å². The van der Waals surface area contributed by atoms with Gasteiger partial charge in [-0.2, -0.15) is 0 Å². The molecule has 0 heterocycles. The third-order valence-corrected chi connectivity index (χ3v) is 8.76. The summed E-state index contributed by atoms with van der Waals surface area (Å²) in [5, 5.41) is 18.9. The van der Waals surface area contributed by atoms with E-state index in [2.05, 4.69) is 20.8 Å². The molecular weight excluding hydrogens is 479 g/mol. The van der Waals surface area contributed by atoms with Crippen LogP contribution < -0.4 is 0 Å². The van der Waals surface area contributed by atoms with Crippen LogP contribution in [0.25, 0.3) is 0 Å². The number of hydrogen-bond donors (Lipinski definition) is 2. The van der Waals surface area contributed by atoms with Crippen LogP contribution in [0.4, 0.5) is 0 Å². The van der Waals surface area contributed by atoms with Gasteiger partial charge < -0.3 is 14.7 Å². The average molecular weight is 553 g/mol. The Hall–Kier alpha value is -0.0551. The first-order chi connectivity index (χ1) is 19.0. The van der Waals surface area contributed by atoms with Crippen molar-refractivity contribution in [1.29, 1.82) is 0 Å². The van der Waals surface area contributed by atoms with E-state index < -0.39 is 12.9 Å². The van der Waals surface area contributed by atoms with E-state index in [-0.39, 0.29) is 0 Å². The summed E-state index contributed by atoms with van der Waals surface area (Å²) in [5.41, 5.74) is -0.401. The molecule has 39 heavy (non-hydrogen) atoms. The monoisotopic (exact) mass is 553 g/mol. The first-order valence-electron chi connectivity index (χ1n) is 18.1. The summed E-state index contributed by atoms with van der Waals surface area (Å²) in [4.78, 5) is 0. The smallest absolute Gasteiger partial charge is 0.402 e. The Bertz CT molecular complexity index is 459. The molecule has 0 bridgehead atoms. The van der Waals surface area contributed by atoms with Gasteiger partial charge in [-0.15, -0.1) is 0 Å². The predicted octanol–water partition coefficient (Wildman–Crippen LogP) is 11.9. The van der Waals surface area contributed by atoms with Crippen LogP contribution in [0.1, 0.15) is 220 Å². The van der Waals surface area contributed by atoms with Crippen molar-refractivity contribution in [2.45, 2.75) is 225 Å². The number of rotatable bonds is 33. The number of hydrogen-bond acceptors (Lipinski definition) is 3. The van der Waals surface area contributed by atoms with E-state index in [0.717, 1.165) is 25.7 Å². The molecule has 0 saturated carbocycles. The first kappa shape index (κ1) is 38.9. The molecule has 1 unspecified atom stereocenters. The van der Waals surface area contributed by atoms with Gasteiger partial charge in [0, 0.05) is 0 Å². The van der Waals surface area contributed by atoms with Crippen molar-refractivity contribution in [3.63, 3.8) is 0 Å². The van der Waals surface area contributed by atoms with Crippen LogP contribution >= 0.6 is 0 Å². The van der Waals surface area contributed by atoms with Gasteiger partial charge in [0.1, 0.15) is 0 Å². The Morgan fingerprint density at radius 3 is 0.795 bits per heavy atom. The second-order valence-corrected chi connectivity index (χ2v) is 12.9. The van der Waals surface area contributed by atoms with Crippen LogP contribution in [0.3, 0.4) is 0 Å². The van der Waals surface area contributed by atoms with Crippen LogP contribution in [0.2, 0.25) is 0 Å². The highest BCUT2D eigenvalue weighted by atomic mass is 16.6. The first-order valence-corrected chi connectivity index (χ1v) is 18.1. The van der Waals surface area contributed by atoms with E-state index in [1.807, 2.05) is 0 Å². The molecule has 4 heteroatoms. The van der Waals surface area contributed by atoms with Gasteiger partial charge in [0.2, 0.25) is 0 Å². The van der Waals surface area contributed by atoms with E-state index >= 15 is 0 Å². The maximum atomic E-state index is 9.46. The number of unbranched alkanes of at least 4 members (excludes halogenated alkanes) is 27. The maximum Gasteiger partial charge on any atom is 0.634 e. The van der Waals surface area contributed by atoms with Gasteiger partial charge >= 0.3 is 7.32 Å². The minimum atomic E-state index is -1.65. The summed E-state index contributed by atoms with van der Waals surface area (Å²) in [5.74, 6) is 0. The van der Waals surface area contributed by atoms with Gasteiger partial charge in [-0.1, -0.05) is 200 Å². The van der Waals surface area contributed by atoms with Crippen molar-refractivity contribution in [1.82, 2.24) is 0 Å². The molecule has 0 amide bonds. The third kappa shape index (κ3) is 30.7. The molecule has 0 saturated heterocycles. The molecular formula is C35H73BO3. The van der Waals surface area contributed by atoms with Crippen molar-refractivity contribution in [3.05, 3.63) is 0 Å². The molecule has 1 atom stereocenters. The summed E-state index contributed by atoms with van der Waals surface area (Å²) in [7, 11) is -1.65. The third-order valence-electron chi connectivity index (χ3n) is 8.76. The van der Waals surface area contributed by atoms with Gasteiger partial charge in [0.05, 0.1) is 5.60 Å². The van der Waals surface area contributed by atoms with Crippen molar-refractivity contribution < 1.29 is 14.7 Å². The lowest BCUT2D eigenvalue weighted by Crippen LogP contribution is -2.36. The normalized spacial score (nSPS) is 13.2. The molecule has 2 N–H and O–H groups in total. The maximum absolute atomic E-state index is 9.46. The Morgan fingerprint density at radius 1 is 0.385 bits per heavy atom. The van der Waals surface area contributed by atoms with Crippen molar-refractivity contribution in [2.75, 3.05) is 0 Å². The Balaban J connectivity index is 3.63. The van der Waals surface area contributed by atoms with Gasteiger partial charge in [-0.05, 0) is 19.8 Å². The van der Waals surface area contributed by atoms with Crippen LogP contribution in [0.15, 0.2) is 0 Å². The topological polar surface area (TPSA) is 49.7 Å². The molecule has 0 aromatic heterocycles. The van der Waals surface area contributed by atoms with Crippen molar-refractivity contribution in [2.24, 2.45) is 0 Å². The minimum Gasteiger partial charge on any atom is -0.402 e. The molecule has 0 aromatic carbocycles. The van der Waals surface area contributed by atoms with Crippen molar-refractivity contribution in [3.8, 4) is 0 Å². The van der Waals surface area contributed by atoms with E-state index in [1.54, 1.807) is 0 Å². The molecule has 0 rings (SSSR count). The fourth-order valence-corrected chi connectivity index (χ4v) is 6.06. The van der Waals surface area contributed by atoms with Crippen LogP contribution in [0, 0.1) is 0 Å². The Labute approximate surface area is 247 Å². The van der Waals surface area contributed by atoms with E-state index in [4.69, 9.17) is 4.65 Å². The highest BCUT2D eigenvalue weighted by molar-refractivity contribution is 6.32. The Kier molecular flexibility index (Phi) is 30.8. The lowest BCUT2D eigenvalue weighted by molar-refractivity contribution is 0.0160. The summed E-state index contributed by atoms with van der Waals surface area (Å²) in [6.45, 7) is 6.66. The van der Waals surface area contributed by atoms with Crippen molar-refractivity contribution >= 4 is 7.32 Å². The summed E-state index contributed by atoms with van der Waals surface area (Å²) < 4.78 is 5.58. The fraction of sp³-hybridized carbons (Fsp3) is 1.00. The van der Waals surface area contributed by atoms with Gasteiger partial charge in [0.25, 0.3) is 0 Å². The second kappa shape index (κ2) is 30.9. The molecule has 0 spiro atoms. The highest BCUT2D eigenvalue weighted by Gasteiger charge is 2.29. The van der Waals surface area contributed by atoms with Crippen LogP contribution in [-0.2, 0) is 4.65 Å². The molecule has 3 nitrogen and oxygen atoms in total. The van der Waals surface area contributed by atoms with Gasteiger partial charge in [-0.25, -0.2) is 0 Å². The summed E-state index contributed by atoms with van der Waals surface area (Å²) in [6.07, 6.45) is 41.5. The summed E-state index contributed by atoms with van der Waals surface area (Å²) >= 11 is 0. The van der Waals surface area contributed by atoms with E-state index in [0.29, 0.717) is 0 Å². The van der Waals surface area contributed by atoms with Gasteiger partial charge in [0.15, 0.2) is 0 Å². The van der Waals surface area contributed by atoms with E-state index in [9.17, 15) is 10.0 Å². The molecule has 0 aromatic rings. The summed E-state index contributed by atoms with van der Waals surface area (Å²) in [6, 6.07) is 0. The average Bonchev–Trinajstić information content (AvgIpc) is 2.90. The molecule has 0 aliphatic heterocycles. The zero-order chi connectivity index (χ0) is 28.7. The molecule has 0 radical (unpaired) electrons. The largest absolute Gasteiger partial charge is 0.634 e. The standard InChI is InChI=1S/C35H73BO3/c1-4-6-8-10-12-14-16-18-20-22-24-26-28-30-32-34-35(3,39-36(37)38)33-31-29-27-25-23-21-19-17-15-13-11-9-7-5-2/h37-38H,4-34H2,1-3H3. The minimum absolute atomic E-state index is 0.401. The van der Waals surface area contributed by atoms with E-state index in [1.165, 1.54) is 173 Å². The van der Waals surface area contributed by atoms with Crippen LogP contribution in [0.5, 0.6) is 0 Å². The Morgan fingerprint density at radius 2 is 0.590 bits per heavy atom. The molecule has 0 fully saturated rings. The zero-order valence-corrected chi connectivity index (χ0v) is 27.3. The second-order valence-electron chi connectivity index (χ2n) is 12.9. The zero-order valence-electron chi connectivity index (χ0n) is 27.3. The fourth-order valence-electron chi connectivity index (χ4n) is 6.06.